The summed E-state index contributed by atoms with van der Waals surface area (Å²) in [5.74, 6) is -1.24. The Kier molecular flexibility index (Phi) is 8.82. The van der Waals surface area contributed by atoms with E-state index in [1.54, 1.807) is 6.92 Å². The van der Waals surface area contributed by atoms with Crippen LogP contribution in [0.5, 0.6) is 0 Å². The van der Waals surface area contributed by atoms with Gasteiger partial charge in [-0.05, 0) is 54.7 Å². The Balaban J connectivity index is 2.17. The number of pyridine rings is 1. The molecular formula is C23H27F4N3O3S. The van der Waals surface area contributed by atoms with Crippen molar-refractivity contribution in [3.05, 3.63) is 64.7 Å². The van der Waals surface area contributed by atoms with Gasteiger partial charge in [0.05, 0.1) is 18.0 Å². The maximum Gasteiger partial charge on any atom is 0.433 e. The molecule has 11 heteroatoms. The van der Waals surface area contributed by atoms with Crippen molar-refractivity contribution in [1.29, 1.82) is 0 Å². The number of amides is 1. The number of nitrogens with one attached hydrogen (secondary N) is 2. The van der Waals surface area contributed by atoms with E-state index in [4.69, 9.17) is 0 Å². The molecule has 186 valence electrons. The van der Waals surface area contributed by atoms with Crippen LogP contribution in [0, 0.1) is 11.7 Å². The molecule has 0 fully saturated rings. The van der Waals surface area contributed by atoms with Gasteiger partial charge in [-0.1, -0.05) is 32.4 Å². The van der Waals surface area contributed by atoms with Crippen LogP contribution in [-0.2, 0) is 27.4 Å². The van der Waals surface area contributed by atoms with Crippen molar-refractivity contribution in [2.45, 2.75) is 45.8 Å². The minimum Gasteiger partial charge on any atom is -0.346 e. The molecule has 2 aromatic rings. The Morgan fingerprint density at radius 2 is 1.85 bits per heavy atom. The number of sulfonamides is 1. The maximum atomic E-state index is 14.2. The van der Waals surface area contributed by atoms with E-state index in [-0.39, 0.29) is 17.3 Å². The van der Waals surface area contributed by atoms with Gasteiger partial charge in [0, 0.05) is 11.8 Å². The van der Waals surface area contributed by atoms with Crippen molar-refractivity contribution in [2.75, 3.05) is 11.0 Å². The molecule has 1 aromatic heterocycles. The van der Waals surface area contributed by atoms with Crippen molar-refractivity contribution in [2.24, 2.45) is 5.92 Å². The Labute approximate surface area is 196 Å². The van der Waals surface area contributed by atoms with E-state index in [9.17, 15) is 30.8 Å². The summed E-state index contributed by atoms with van der Waals surface area (Å²) >= 11 is 0. The minimum atomic E-state index is -4.57. The summed E-state index contributed by atoms with van der Waals surface area (Å²) in [6, 6.07) is 5.35. The molecule has 6 nitrogen and oxygen atoms in total. The second-order valence-corrected chi connectivity index (χ2v) is 9.87. The van der Waals surface area contributed by atoms with E-state index in [1.165, 1.54) is 30.4 Å². The Morgan fingerprint density at radius 1 is 1.18 bits per heavy atom. The number of hydrogen-bond acceptors (Lipinski definition) is 4. The fourth-order valence-electron chi connectivity index (χ4n) is 3.05. The first-order valence-corrected chi connectivity index (χ1v) is 12.4. The third-order valence-corrected chi connectivity index (χ3v) is 5.69. The Morgan fingerprint density at radius 3 is 2.41 bits per heavy atom. The van der Waals surface area contributed by atoms with E-state index in [0.717, 1.165) is 24.8 Å². The van der Waals surface area contributed by atoms with Crippen LogP contribution in [-0.4, -0.2) is 25.6 Å². The van der Waals surface area contributed by atoms with Crippen LogP contribution in [0.4, 0.5) is 23.2 Å². The zero-order chi connectivity index (χ0) is 25.7. The van der Waals surface area contributed by atoms with Crippen molar-refractivity contribution in [3.63, 3.8) is 0 Å². The molecule has 1 heterocycles. The predicted octanol–water partition coefficient (Wildman–Crippen LogP) is 5.09. The molecule has 0 aliphatic rings. The Bertz CT molecular complexity index is 1160. The van der Waals surface area contributed by atoms with Crippen LogP contribution in [0.25, 0.3) is 6.08 Å². The highest BCUT2D eigenvalue weighted by Gasteiger charge is 2.33. The highest BCUT2D eigenvalue weighted by molar-refractivity contribution is 7.92. The number of benzene rings is 1. The molecule has 0 radical (unpaired) electrons. The number of anilines is 1. The summed E-state index contributed by atoms with van der Waals surface area (Å²) in [4.78, 5) is 16.1. The third kappa shape index (κ3) is 8.12. The lowest BCUT2D eigenvalue weighted by molar-refractivity contribution is -0.141. The molecule has 0 bridgehead atoms. The number of alkyl halides is 3. The van der Waals surface area contributed by atoms with Gasteiger partial charge in [0.25, 0.3) is 0 Å². The van der Waals surface area contributed by atoms with E-state index in [0.29, 0.717) is 17.5 Å². The molecular weight excluding hydrogens is 474 g/mol. The number of aromatic nitrogens is 1. The van der Waals surface area contributed by atoms with Gasteiger partial charge in [-0.2, -0.15) is 13.2 Å². The van der Waals surface area contributed by atoms with Crippen molar-refractivity contribution < 1.29 is 30.8 Å². The van der Waals surface area contributed by atoms with Gasteiger partial charge in [0.1, 0.15) is 11.5 Å². The van der Waals surface area contributed by atoms with Crippen molar-refractivity contribution in [1.82, 2.24) is 10.3 Å². The molecule has 2 rings (SSSR count). The summed E-state index contributed by atoms with van der Waals surface area (Å²) in [5, 5.41) is 2.64. The molecule has 0 spiro atoms. The summed E-state index contributed by atoms with van der Waals surface area (Å²) in [6.45, 7) is 5.44. The van der Waals surface area contributed by atoms with Gasteiger partial charge in [-0.3, -0.25) is 9.52 Å². The summed E-state index contributed by atoms with van der Waals surface area (Å²) < 4.78 is 78.0. The van der Waals surface area contributed by atoms with Crippen LogP contribution in [0.1, 0.15) is 55.7 Å². The topological polar surface area (TPSA) is 88.2 Å². The SMILES string of the molecule is CCC(C)Cc1nc(C(F)(F)F)ccc1/C=C/C(=O)N[C@H](C)c1ccc(NS(C)(=O)=O)c(F)c1. The lowest BCUT2D eigenvalue weighted by Gasteiger charge is -2.15. The highest BCUT2D eigenvalue weighted by atomic mass is 32.2. The molecule has 2 atom stereocenters. The lowest BCUT2D eigenvalue weighted by Crippen LogP contribution is -2.24. The standard InChI is InChI=1S/C23H27F4N3O3S/c1-5-14(2)12-20-16(7-10-21(29-20)23(25,26)27)8-11-22(31)28-15(3)17-6-9-19(18(24)13-17)30-34(4,32)33/h6-11,13-15,30H,5,12H2,1-4H3,(H,28,31)/b11-8+/t14?,15-/m1/s1. The van der Waals surface area contributed by atoms with E-state index < -0.39 is 39.7 Å². The molecule has 0 aliphatic heterocycles. The minimum absolute atomic E-state index is 0.104. The van der Waals surface area contributed by atoms with Gasteiger partial charge in [-0.15, -0.1) is 0 Å². The first kappa shape index (κ1) is 27.3. The number of halogens is 4. The summed E-state index contributed by atoms with van der Waals surface area (Å²) in [7, 11) is -3.65. The second kappa shape index (κ2) is 11.0. The van der Waals surface area contributed by atoms with Crippen molar-refractivity contribution in [3.8, 4) is 0 Å². The molecule has 1 amide bonds. The van der Waals surface area contributed by atoms with E-state index in [1.807, 2.05) is 13.8 Å². The monoisotopic (exact) mass is 501 g/mol. The average molecular weight is 502 g/mol. The zero-order valence-electron chi connectivity index (χ0n) is 19.2. The van der Waals surface area contributed by atoms with E-state index in [2.05, 4.69) is 15.0 Å². The van der Waals surface area contributed by atoms with Gasteiger partial charge in [0.2, 0.25) is 15.9 Å². The molecule has 0 saturated carbocycles. The number of hydrogen-bond donors (Lipinski definition) is 2. The first-order valence-electron chi connectivity index (χ1n) is 10.5. The molecule has 0 aliphatic carbocycles. The van der Waals surface area contributed by atoms with Crippen LogP contribution in [0.15, 0.2) is 36.4 Å². The highest BCUT2D eigenvalue weighted by Crippen LogP contribution is 2.29. The maximum absolute atomic E-state index is 14.2. The normalized spacial score (nSPS) is 14.1. The predicted molar refractivity (Wildman–Crippen MR) is 123 cm³/mol. The van der Waals surface area contributed by atoms with Crippen LogP contribution in [0.3, 0.4) is 0 Å². The molecule has 1 aromatic carbocycles. The Hall–Kier alpha value is -2.95. The number of carbonyl (C=O) groups excluding carboxylic acids is 1. The van der Waals surface area contributed by atoms with Crippen LogP contribution in [0.2, 0.25) is 0 Å². The summed E-state index contributed by atoms with van der Waals surface area (Å²) in [6.07, 6.45) is -0.0141. The fraction of sp³-hybridized carbons (Fsp3) is 0.391. The quantitative estimate of drug-likeness (QED) is 0.370. The number of nitrogens with zero attached hydrogens (tertiary/aromatic N) is 1. The molecule has 34 heavy (non-hydrogen) atoms. The van der Waals surface area contributed by atoms with Gasteiger partial charge in [-0.25, -0.2) is 17.8 Å². The number of carbonyl (C=O) groups is 1. The number of rotatable bonds is 9. The van der Waals surface area contributed by atoms with Gasteiger partial charge < -0.3 is 5.32 Å². The van der Waals surface area contributed by atoms with Crippen molar-refractivity contribution >= 4 is 27.7 Å². The smallest absolute Gasteiger partial charge is 0.346 e. The van der Waals surface area contributed by atoms with Crippen LogP contribution < -0.4 is 10.0 Å². The summed E-state index contributed by atoms with van der Waals surface area (Å²) in [5.41, 5.74) is -0.159. The van der Waals surface area contributed by atoms with Crippen LogP contribution >= 0.6 is 0 Å². The van der Waals surface area contributed by atoms with Gasteiger partial charge >= 0.3 is 6.18 Å². The van der Waals surface area contributed by atoms with E-state index >= 15 is 0 Å². The fourth-order valence-corrected chi connectivity index (χ4v) is 3.62. The molecule has 2 N–H and O–H groups in total. The molecule has 1 unspecified atom stereocenters. The average Bonchev–Trinajstić information content (AvgIpc) is 2.72. The third-order valence-electron chi connectivity index (χ3n) is 5.10. The molecule has 0 saturated heterocycles. The lowest BCUT2D eigenvalue weighted by atomic mass is 9.98. The largest absolute Gasteiger partial charge is 0.433 e. The second-order valence-electron chi connectivity index (χ2n) is 8.12. The zero-order valence-corrected chi connectivity index (χ0v) is 20.0. The first-order chi connectivity index (χ1) is 15.7. The van der Waals surface area contributed by atoms with Gasteiger partial charge in [0.15, 0.2) is 0 Å².